The van der Waals surface area contributed by atoms with Crippen molar-refractivity contribution in [1.29, 1.82) is 0 Å². The van der Waals surface area contributed by atoms with E-state index in [-0.39, 0.29) is 22.5 Å². The van der Waals surface area contributed by atoms with Crippen LogP contribution >= 0.6 is 23.2 Å². The lowest BCUT2D eigenvalue weighted by Crippen LogP contribution is -2.46. The fourth-order valence-electron chi connectivity index (χ4n) is 2.97. The number of rotatable bonds is 3. The van der Waals surface area contributed by atoms with Gasteiger partial charge in [-0.1, -0.05) is 29.3 Å². The highest BCUT2D eigenvalue weighted by Crippen LogP contribution is 2.20. The number of nitrogens with one attached hydrogen (secondary N) is 1. The molecule has 0 atom stereocenters. The van der Waals surface area contributed by atoms with Crippen molar-refractivity contribution in [3.05, 3.63) is 69.5 Å². The maximum atomic E-state index is 13.8. The summed E-state index contributed by atoms with van der Waals surface area (Å²) in [6.07, 6.45) is 1.19. The molecule has 136 valence electrons. The summed E-state index contributed by atoms with van der Waals surface area (Å²) < 4.78 is 13.8. The molecular formula is C19H17Cl2FN2O2. The van der Waals surface area contributed by atoms with Crippen molar-refractivity contribution < 1.29 is 14.0 Å². The number of likely N-dealkylation sites (tertiary alicyclic amines) is 1. The molecule has 26 heavy (non-hydrogen) atoms. The first-order valence-electron chi connectivity index (χ1n) is 8.25. The Labute approximate surface area is 160 Å². The first-order chi connectivity index (χ1) is 12.5. The molecule has 0 radical (unpaired) electrons. The van der Waals surface area contributed by atoms with Gasteiger partial charge >= 0.3 is 0 Å². The third-order valence-electron chi connectivity index (χ3n) is 4.40. The molecule has 1 heterocycles. The van der Waals surface area contributed by atoms with Gasteiger partial charge in [0.25, 0.3) is 11.8 Å². The van der Waals surface area contributed by atoms with E-state index in [2.05, 4.69) is 5.32 Å². The average molecular weight is 395 g/mol. The first kappa shape index (κ1) is 18.7. The van der Waals surface area contributed by atoms with Crippen LogP contribution < -0.4 is 5.32 Å². The molecule has 1 aliphatic rings. The van der Waals surface area contributed by atoms with Crippen LogP contribution in [0.5, 0.6) is 0 Å². The van der Waals surface area contributed by atoms with Gasteiger partial charge in [0.05, 0.1) is 10.6 Å². The zero-order valence-electron chi connectivity index (χ0n) is 13.8. The molecule has 4 nitrogen and oxygen atoms in total. The van der Waals surface area contributed by atoms with E-state index >= 15 is 0 Å². The van der Waals surface area contributed by atoms with E-state index in [1.807, 2.05) is 0 Å². The smallest absolute Gasteiger partial charge is 0.255 e. The highest BCUT2D eigenvalue weighted by atomic mass is 35.5. The molecule has 0 bridgehead atoms. The number of amides is 2. The van der Waals surface area contributed by atoms with Crippen LogP contribution in [0.15, 0.2) is 42.5 Å². The van der Waals surface area contributed by atoms with Crippen LogP contribution in [0.4, 0.5) is 4.39 Å². The number of benzene rings is 2. The van der Waals surface area contributed by atoms with Gasteiger partial charge in [0.2, 0.25) is 0 Å². The SMILES string of the molecule is O=C(NC1CCN(C(=O)c2ccc(Cl)cc2)CC1)c1c(F)cccc1Cl. The van der Waals surface area contributed by atoms with Crippen molar-refractivity contribution in [2.24, 2.45) is 0 Å². The van der Waals surface area contributed by atoms with Crippen LogP contribution in [0.2, 0.25) is 10.0 Å². The Balaban J connectivity index is 1.58. The number of carbonyl (C=O) groups excluding carboxylic acids is 2. The summed E-state index contributed by atoms with van der Waals surface area (Å²) in [6, 6.07) is 10.8. The quantitative estimate of drug-likeness (QED) is 0.848. The number of carbonyl (C=O) groups is 2. The van der Waals surface area contributed by atoms with Gasteiger partial charge in [-0.15, -0.1) is 0 Å². The zero-order chi connectivity index (χ0) is 18.7. The predicted octanol–water partition coefficient (Wildman–Crippen LogP) is 4.17. The molecular weight excluding hydrogens is 378 g/mol. The summed E-state index contributed by atoms with van der Waals surface area (Å²) in [5, 5.41) is 3.46. The van der Waals surface area contributed by atoms with E-state index in [0.29, 0.717) is 36.5 Å². The molecule has 1 fully saturated rings. The second-order valence-electron chi connectivity index (χ2n) is 6.14. The molecule has 0 aliphatic carbocycles. The maximum Gasteiger partial charge on any atom is 0.255 e. The van der Waals surface area contributed by atoms with E-state index in [9.17, 15) is 14.0 Å². The summed E-state index contributed by atoms with van der Waals surface area (Å²) in [6.45, 7) is 1.02. The maximum absolute atomic E-state index is 13.8. The van der Waals surface area contributed by atoms with Gasteiger partial charge in [-0.25, -0.2) is 4.39 Å². The summed E-state index contributed by atoms with van der Waals surface area (Å²) in [4.78, 5) is 26.5. The average Bonchev–Trinajstić information content (AvgIpc) is 2.62. The molecule has 0 saturated carbocycles. The minimum Gasteiger partial charge on any atom is -0.349 e. The molecule has 2 aromatic carbocycles. The number of piperidine rings is 1. The summed E-state index contributed by atoms with van der Waals surface area (Å²) in [5.74, 6) is -1.25. The van der Waals surface area contributed by atoms with Crippen molar-refractivity contribution in [2.75, 3.05) is 13.1 Å². The summed E-state index contributed by atoms with van der Waals surface area (Å²) in [5.41, 5.74) is 0.434. The lowest BCUT2D eigenvalue weighted by molar-refractivity contribution is 0.0698. The predicted molar refractivity (Wildman–Crippen MR) is 99.3 cm³/mol. The molecule has 0 aromatic heterocycles. The highest BCUT2D eigenvalue weighted by molar-refractivity contribution is 6.33. The van der Waals surface area contributed by atoms with Gasteiger partial charge in [0.1, 0.15) is 5.82 Å². The topological polar surface area (TPSA) is 49.4 Å². The fraction of sp³-hybridized carbons (Fsp3) is 0.263. The Morgan fingerprint density at radius 1 is 1.04 bits per heavy atom. The number of hydrogen-bond acceptors (Lipinski definition) is 2. The normalized spacial score (nSPS) is 15.0. The van der Waals surface area contributed by atoms with Crippen molar-refractivity contribution in [3.8, 4) is 0 Å². The summed E-state index contributed by atoms with van der Waals surface area (Å²) in [7, 11) is 0. The molecule has 7 heteroatoms. The molecule has 3 rings (SSSR count). The monoisotopic (exact) mass is 394 g/mol. The van der Waals surface area contributed by atoms with E-state index in [1.54, 1.807) is 29.2 Å². The third-order valence-corrected chi connectivity index (χ3v) is 4.97. The minimum absolute atomic E-state index is 0.0661. The second-order valence-corrected chi connectivity index (χ2v) is 6.99. The van der Waals surface area contributed by atoms with Crippen molar-refractivity contribution in [3.63, 3.8) is 0 Å². The van der Waals surface area contributed by atoms with Gasteiger partial charge in [-0.3, -0.25) is 9.59 Å². The lowest BCUT2D eigenvalue weighted by Gasteiger charge is -2.32. The fourth-order valence-corrected chi connectivity index (χ4v) is 3.35. The van der Waals surface area contributed by atoms with Crippen LogP contribution in [-0.4, -0.2) is 35.8 Å². The number of halogens is 3. The van der Waals surface area contributed by atoms with Gasteiger partial charge in [-0.05, 0) is 49.2 Å². The van der Waals surface area contributed by atoms with E-state index in [1.165, 1.54) is 18.2 Å². The lowest BCUT2D eigenvalue weighted by atomic mass is 10.0. The highest BCUT2D eigenvalue weighted by Gasteiger charge is 2.26. The van der Waals surface area contributed by atoms with Gasteiger partial charge in [0.15, 0.2) is 0 Å². The molecule has 1 aliphatic heterocycles. The largest absolute Gasteiger partial charge is 0.349 e. The van der Waals surface area contributed by atoms with Crippen LogP contribution in [0.25, 0.3) is 0 Å². The van der Waals surface area contributed by atoms with Crippen molar-refractivity contribution in [1.82, 2.24) is 10.2 Å². The van der Waals surface area contributed by atoms with Crippen LogP contribution in [-0.2, 0) is 0 Å². The Hall–Kier alpha value is -2.11. The van der Waals surface area contributed by atoms with Crippen LogP contribution in [0.3, 0.4) is 0 Å². The summed E-state index contributed by atoms with van der Waals surface area (Å²) >= 11 is 11.8. The van der Waals surface area contributed by atoms with Crippen LogP contribution in [0.1, 0.15) is 33.6 Å². The molecule has 2 aromatic rings. The molecule has 0 unspecified atom stereocenters. The molecule has 1 saturated heterocycles. The Morgan fingerprint density at radius 3 is 2.31 bits per heavy atom. The Kier molecular flexibility index (Phi) is 5.79. The number of nitrogens with zero attached hydrogens (tertiary/aromatic N) is 1. The second kappa shape index (κ2) is 8.06. The Morgan fingerprint density at radius 2 is 1.69 bits per heavy atom. The molecule has 0 spiro atoms. The standard InChI is InChI=1S/C19H17Cl2FN2O2/c20-13-6-4-12(5-7-13)19(26)24-10-8-14(9-11-24)23-18(25)17-15(21)2-1-3-16(17)22/h1-7,14H,8-11H2,(H,23,25). The van der Waals surface area contributed by atoms with Gasteiger partial charge in [0, 0.05) is 29.7 Å². The van der Waals surface area contributed by atoms with Gasteiger partial charge < -0.3 is 10.2 Å². The van der Waals surface area contributed by atoms with E-state index in [4.69, 9.17) is 23.2 Å². The van der Waals surface area contributed by atoms with Crippen LogP contribution in [0, 0.1) is 5.82 Å². The number of hydrogen-bond donors (Lipinski definition) is 1. The van der Waals surface area contributed by atoms with Crippen molar-refractivity contribution in [2.45, 2.75) is 18.9 Å². The van der Waals surface area contributed by atoms with Gasteiger partial charge in [-0.2, -0.15) is 0 Å². The van der Waals surface area contributed by atoms with E-state index < -0.39 is 11.7 Å². The molecule has 1 N–H and O–H groups in total. The third kappa shape index (κ3) is 4.17. The minimum atomic E-state index is -0.648. The first-order valence-corrected chi connectivity index (χ1v) is 9.01. The van der Waals surface area contributed by atoms with E-state index in [0.717, 1.165) is 0 Å². The zero-order valence-corrected chi connectivity index (χ0v) is 15.4. The van der Waals surface area contributed by atoms with Crippen molar-refractivity contribution >= 4 is 35.0 Å². The Bertz CT molecular complexity index is 799. The molecule has 2 amide bonds.